The van der Waals surface area contributed by atoms with Crippen molar-refractivity contribution < 1.29 is 19.1 Å². The van der Waals surface area contributed by atoms with E-state index in [1.54, 1.807) is 34.7 Å². The standard InChI is InChI=1S/C13H21NO4/c1-9(11(15)10-6-7-17-8-10)14(5)12(16)18-13(2,3)4/h8-9H,6-7H2,1-5H3. The fourth-order valence-electron chi connectivity index (χ4n) is 1.50. The maximum atomic E-state index is 12.1. The zero-order chi connectivity index (χ0) is 13.9. The van der Waals surface area contributed by atoms with E-state index in [9.17, 15) is 9.59 Å². The molecule has 0 N–H and O–H groups in total. The second-order valence-electron chi connectivity index (χ2n) is 5.40. The number of hydrogen-bond donors (Lipinski definition) is 0. The van der Waals surface area contributed by atoms with E-state index in [1.807, 2.05) is 0 Å². The van der Waals surface area contributed by atoms with Gasteiger partial charge in [-0.15, -0.1) is 0 Å². The van der Waals surface area contributed by atoms with Crippen LogP contribution in [0.3, 0.4) is 0 Å². The SMILES string of the molecule is CC(C(=O)C1=COCC1)N(C)C(=O)OC(C)(C)C. The summed E-state index contributed by atoms with van der Waals surface area (Å²) in [6.45, 7) is 7.59. The third-order valence-electron chi connectivity index (χ3n) is 2.67. The molecule has 1 aliphatic heterocycles. The summed E-state index contributed by atoms with van der Waals surface area (Å²) in [5.74, 6) is -0.0964. The van der Waals surface area contributed by atoms with Crippen LogP contribution in [0.2, 0.25) is 0 Å². The number of ketones is 1. The fraction of sp³-hybridized carbons (Fsp3) is 0.692. The highest BCUT2D eigenvalue weighted by atomic mass is 16.6. The van der Waals surface area contributed by atoms with Gasteiger partial charge in [-0.25, -0.2) is 4.79 Å². The third kappa shape index (κ3) is 3.75. The van der Waals surface area contributed by atoms with E-state index in [4.69, 9.17) is 9.47 Å². The summed E-state index contributed by atoms with van der Waals surface area (Å²) in [6.07, 6.45) is 1.58. The Kier molecular flexibility index (Phi) is 4.38. The molecule has 1 heterocycles. The molecule has 102 valence electrons. The van der Waals surface area contributed by atoms with Gasteiger partial charge < -0.3 is 14.4 Å². The zero-order valence-corrected chi connectivity index (χ0v) is 11.6. The molecule has 0 bridgehead atoms. The fourth-order valence-corrected chi connectivity index (χ4v) is 1.50. The van der Waals surface area contributed by atoms with Crippen LogP contribution < -0.4 is 0 Å². The van der Waals surface area contributed by atoms with Gasteiger partial charge in [-0.3, -0.25) is 4.79 Å². The Labute approximate surface area is 108 Å². The Morgan fingerprint density at radius 2 is 2.06 bits per heavy atom. The normalized spacial score (nSPS) is 16.6. The highest BCUT2D eigenvalue weighted by Gasteiger charge is 2.29. The maximum Gasteiger partial charge on any atom is 0.410 e. The number of nitrogens with zero attached hydrogens (tertiary/aromatic N) is 1. The minimum atomic E-state index is -0.566. The minimum Gasteiger partial charge on any atom is -0.500 e. The number of carbonyl (C=O) groups excluding carboxylic acids is 2. The molecule has 5 nitrogen and oxygen atoms in total. The molecule has 1 atom stereocenters. The van der Waals surface area contributed by atoms with Gasteiger partial charge in [0.2, 0.25) is 0 Å². The van der Waals surface area contributed by atoms with Gasteiger partial charge in [0.05, 0.1) is 18.9 Å². The lowest BCUT2D eigenvalue weighted by atomic mass is 10.0. The van der Waals surface area contributed by atoms with Gasteiger partial charge in [0.15, 0.2) is 5.78 Å². The van der Waals surface area contributed by atoms with Crippen molar-refractivity contribution in [3.63, 3.8) is 0 Å². The molecule has 0 radical (unpaired) electrons. The van der Waals surface area contributed by atoms with E-state index >= 15 is 0 Å². The van der Waals surface area contributed by atoms with Crippen LogP contribution in [0.5, 0.6) is 0 Å². The Bertz CT molecular complexity index is 368. The van der Waals surface area contributed by atoms with Gasteiger partial charge in [-0.05, 0) is 27.7 Å². The molecule has 0 aliphatic carbocycles. The Morgan fingerprint density at radius 1 is 1.44 bits per heavy atom. The first-order valence-electron chi connectivity index (χ1n) is 6.03. The van der Waals surface area contributed by atoms with Crippen LogP contribution >= 0.6 is 0 Å². The van der Waals surface area contributed by atoms with Crippen molar-refractivity contribution in [2.75, 3.05) is 13.7 Å². The smallest absolute Gasteiger partial charge is 0.410 e. The van der Waals surface area contributed by atoms with E-state index in [0.717, 1.165) is 0 Å². The summed E-state index contributed by atoms with van der Waals surface area (Å²) >= 11 is 0. The molecule has 0 saturated heterocycles. The predicted octanol–water partition coefficient (Wildman–Crippen LogP) is 2.12. The van der Waals surface area contributed by atoms with Crippen LogP contribution in [-0.4, -0.2) is 42.1 Å². The van der Waals surface area contributed by atoms with Gasteiger partial charge in [0.25, 0.3) is 0 Å². The lowest BCUT2D eigenvalue weighted by molar-refractivity contribution is -0.119. The molecule has 0 fully saturated rings. The van der Waals surface area contributed by atoms with Gasteiger partial charge in [-0.2, -0.15) is 0 Å². The van der Waals surface area contributed by atoms with E-state index < -0.39 is 17.7 Å². The van der Waals surface area contributed by atoms with E-state index in [1.165, 1.54) is 11.2 Å². The first-order valence-corrected chi connectivity index (χ1v) is 6.03. The first kappa shape index (κ1) is 14.5. The number of Topliss-reactive ketones (excluding diaryl/α,β-unsaturated/α-hetero) is 1. The van der Waals surface area contributed by atoms with Gasteiger partial charge >= 0.3 is 6.09 Å². The van der Waals surface area contributed by atoms with Crippen molar-refractivity contribution in [2.24, 2.45) is 0 Å². The molecule has 0 aromatic rings. The molecule has 1 unspecified atom stereocenters. The van der Waals surface area contributed by atoms with Crippen LogP contribution in [0.1, 0.15) is 34.1 Å². The first-order chi connectivity index (χ1) is 8.22. The lowest BCUT2D eigenvalue weighted by Crippen LogP contribution is -2.43. The van der Waals surface area contributed by atoms with Gasteiger partial charge in [0.1, 0.15) is 5.60 Å². The molecule has 0 spiro atoms. The van der Waals surface area contributed by atoms with Gasteiger partial charge in [-0.1, -0.05) is 0 Å². The van der Waals surface area contributed by atoms with Crippen molar-refractivity contribution in [3.8, 4) is 0 Å². The monoisotopic (exact) mass is 255 g/mol. The number of ether oxygens (including phenoxy) is 2. The number of carbonyl (C=O) groups is 2. The Hall–Kier alpha value is -1.52. The molecular weight excluding hydrogens is 234 g/mol. The van der Waals surface area contributed by atoms with Crippen molar-refractivity contribution in [3.05, 3.63) is 11.8 Å². The van der Waals surface area contributed by atoms with Gasteiger partial charge in [0, 0.05) is 19.0 Å². The second kappa shape index (κ2) is 5.42. The molecule has 0 saturated carbocycles. The van der Waals surface area contributed by atoms with Crippen molar-refractivity contribution in [1.29, 1.82) is 0 Å². The Balaban J connectivity index is 2.63. The summed E-state index contributed by atoms with van der Waals surface area (Å²) in [5, 5.41) is 0. The van der Waals surface area contributed by atoms with E-state index in [-0.39, 0.29) is 5.78 Å². The molecule has 0 aromatic heterocycles. The molecule has 1 rings (SSSR count). The highest BCUT2D eigenvalue weighted by molar-refractivity contribution is 6.00. The van der Waals surface area contributed by atoms with Crippen molar-refractivity contribution in [1.82, 2.24) is 4.90 Å². The number of likely N-dealkylation sites (N-methyl/N-ethyl adjacent to an activating group) is 1. The number of hydrogen-bond acceptors (Lipinski definition) is 4. The number of amides is 1. The van der Waals surface area contributed by atoms with Crippen molar-refractivity contribution >= 4 is 11.9 Å². The quantitative estimate of drug-likeness (QED) is 0.775. The topological polar surface area (TPSA) is 55.8 Å². The van der Waals surface area contributed by atoms with Crippen LogP contribution in [-0.2, 0) is 14.3 Å². The summed E-state index contributed by atoms with van der Waals surface area (Å²) in [6, 6.07) is -0.548. The lowest BCUT2D eigenvalue weighted by Gasteiger charge is -2.28. The van der Waals surface area contributed by atoms with Crippen LogP contribution in [0.15, 0.2) is 11.8 Å². The third-order valence-corrected chi connectivity index (χ3v) is 2.67. The summed E-state index contributed by atoms with van der Waals surface area (Å²) in [4.78, 5) is 25.2. The average Bonchev–Trinajstić information content (AvgIpc) is 2.77. The predicted molar refractivity (Wildman–Crippen MR) is 67.1 cm³/mol. The largest absolute Gasteiger partial charge is 0.500 e. The second-order valence-corrected chi connectivity index (χ2v) is 5.40. The minimum absolute atomic E-state index is 0.0964. The van der Waals surface area contributed by atoms with Crippen LogP contribution in [0.4, 0.5) is 4.79 Å². The van der Waals surface area contributed by atoms with Crippen LogP contribution in [0, 0.1) is 0 Å². The molecule has 1 amide bonds. The molecule has 1 aliphatic rings. The van der Waals surface area contributed by atoms with Crippen LogP contribution in [0.25, 0.3) is 0 Å². The molecule has 0 aromatic carbocycles. The summed E-state index contributed by atoms with van der Waals surface area (Å²) < 4.78 is 10.2. The highest BCUT2D eigenvalue weighted by Crippen LogP contribution is 2.17. The van der Waals surface area contributed by atoms with E-state index in [2.05, 4.69) is 0 Å². The Morgan fingerprint density at radius 3 is 2.50 bits per heavy atom. The average molecular weight is 255 g/mol. The number of rotatable bonds is 3. The van der Waals surface area contributed by atoms with Crippen molar-refractivity contribution in [2.45, 2.75) is 45.8 Å². The summed E-state index contributed by atoms with van der Waals surface area (Å²) in [5.41, 5.74) is 0.0574. The molecule has 18 heavy (non-hydrogen) atoms. The molecule has 5 heteroatoms. The maximum absolute atomic E-state index is 12.1. The zero-order valence-electron chi connectivity index (χ0n) is 11.6. The van der Waals surface area contributed by atoms with E-state index in [0.29, 0.717) is 18.6 Å². The summed E-state index contributed by atoms with van der Waals surface area (Å²) in [7, 11) is 1.56. The molecular formula is C13H21NO4.